The van der Waals surface area contributed by atoms with Crippen LogP contribution in [-0.2, 0) is 13.0 Å². The zero-order valence-corrected chi connectivity index (χ0v) is 11.3. The summed E-state index contributed by atoms with van der Waals surface area (Å²) in [5.74, 6) is 0.526. The minimum Gasteiger partial charge on any atom is -0.381 e. The van der Waals surface area contributed by atoms with Crippen molar-refractivity contribution in [2.75, 3.05) is 5.73 Å². The lowest BCUT2D eigenvalue weighted by molar-refractivity contribution is 0.459. The van der Waals surface area contributed by atoms with Crippen LogP contribution >= 0.6 is 0 Å². The van der Waals surface area contributed by atoms with Gasteiger partial charge in [0.05, 0.1) is 24.0 Å². The van der Waals surface area contributed by atoms with Gasteiger partial charge in [-0.3, -0.25) is 4.68 Å². The van der Waals surface area contributed by atoms with Crippen LogP contribution < -0.4 is 5.73 Å². The molecule has 1 aliphatic carbocycles. The highest BCUT2D eigenvalue weighted by atomic mass is 15.4. The summed E-state index contributed by atoms with van der Waals surface area (Å²) in [6.45, 7) is 2.70. The summed E-state index contributed by atoms with van der Waals surface area (Å²) in [6.07, 6.45) is 8.05. The number of nitrogen functional groups attached to an aromatic ring is 1. The third kappa shape index (κ3) is 2.34. The summed E-state index contributed by atoms with van der Waals surface area (Å²) < 4.78 is 3.95. The highest BCUT2D eigenvalue weighted by Crippen LogP contribution is 2.28. The molecule has 0 aromatic carbocycles. The Kier molecular flexibility index (Phi) is 3.23. The predicted molar refractivity (Wildman–Crippen MR) is 72.6 cm³/mol. The van der Waals surface area contributed by atoms with E-state index >= 15 is 0 Å². The Morgan fingerprint density at radius 2 is 2.16 bits per heavy atom. The Bertz CT molecular complexity index is 549. The second kappa shape index (κ2) is 5.03. The fraction of sp³-hybridized carbons (Fsp3) is 0.615. The number of hydrogen-bond donors (Lipinski definition) is 1. The van der Waals surface area contributed by atoms with Crippen LogP contribution in [0.4, 0.5) is 5.82 Å². The van der Waals surface area contributed by atoms with Gasteiger partial charge < -0.3 is 5.73 Å². The van der Waals surface area contributed by atoms with Gasteiger partial charge in [-0.05, 0) is 25.3 Å². The Morgan fingerprint density at radius 3 is 2.89 bits per heavy atom. The average molecular weight is 260 g/mol. The molecule has 2 heterocycles. The molecule has 1 saturated carbocycles. The molecule has 3 rings (SSSR count). The van der Waals surface area contributed by atoms with Gasteiger partial charge in [0.1, 0.15) is 0 Å². The SMILES string of the molecule is CCc1c(N)nnn1Cc1ccn(C2CCCC2)n1. The van der Waals surface area contributed by atoms with Gasteiger partial charge in [-0.1, -0.05) is 25.0 Å². The molecular formula is C13H20N6. The van der Waals surface area contributed by atoms with E-state index in [9.17, 15) is 0 Å². The van der Waals surface area contributed by atoms with Gasteiger partial charge in [0.25, 0.3) is 0 Å². The van der Waals surface area contributed by atoms with Gasteiger partial charge in [-0.25, -0.2) is 4.68 Å². The van der Waals surface area contributed by atoms with Gasteiger partial charge in [-0.15, -0.1) is 5.10 Å². The van der Waals surface area contributed by atoms with Gasteiger partial charge in [0, 0.05) is 6.20 Å². The van der Waals surface area contributed by atoms with Crippen LogP contribution in [0.5, 0.6) is 0 Å². The van der Waals surface area contributed by atoms with Gasteiger partial charge >= 0.3 is 0 Å². The van der Waals surface area contributed by atoms with Crippen LogP contribution in [0, 0.1) is 0 Å². The molecule has 1 fully saturated rings. The number of hydrogen-bond acceptors (Lipinski definition) is 4. The number of nitrogens with zero attached hydrogens (tertiary/aromatic N) is 5. The molecule has 6 heteroatoms. The van der Waals surface area contributed by atoms with E-state index in [1.165, 1.54) is 25.7 Å². The van der Waals surface area contributed by atoms with E-state index in [1.54, 1.807) is 0 Å². The van der Waals surface area contributed by atoms with Crippen molar-refractivity contribution in [3.63, 3.8) is 0 Å². The molecule has 0 amide bonds. The molecule has 2 aromatic heterocycles. The monoisotopic (exact) mass is 260 g/mol. The molecule has 0 bridgehead atoms. The maximum Gasteiger partial charge on any atom is 0.169 e. The molecule has 6 nitrogen and oxygen atoms in total. The van der Waals surface area contributed by atoms with Crippen LogP contribution in [0.15, 0.2) is 12.3 Å². The summed E-state index contributed by atoms with van der Waals surface area (Å²) in [5, 5.41) is 12.7. The molecular weight excluding hydrogens is 240 g/mol. The van der Waals surface area contributed by atoms with Crippen LogP contribution in [0.1, 0.15) is 50.0 Å². The lowest BCUT2D eigenvalue weighted by Crippen LogP contribution is -2.09. The Balaban J connectivity index is 1.76. The average Bonchev–Trinajstić information content (AvgIpc) is 3.11. The van der Waals surface area contributed by atoms with Crippen molar-refractivity contribution in [3.8, 4) is 0 Å². The van der Waals surface area contributed by atoms with Crippen molar-refractivity contribution in [3.05, 3.63) is 23.7 Å². The first-order valence-electron chi connectivity index (χ1n) is 6.99. The molecule has 0 spiro atoms. The lowest BCUT2D eigenvalue weighted by atomic mass is 10.3. The van der Waals surface area contributed by atoms with Crippen molar-refractivity contribution in [2.45, 2.75) is 51.6 Å². The van der Waals surface area contributed by atoms with Gasteiger partial charge in [0.15, 0.2) is 5.82 Å². The lowest BCUT2D eigenvalue weighted by Gasteiger charge is -2.09. The number of nitrogens with two attached hydrogens (primary N) is 1. The smallest absolute Gasteiger partial charge is 0.169 e. The normalized spacial score (nSPS) is 16.3. The van der Waals surface area contributed by atoms with E-state index in [-0.39, 0.29) is 0 Å². The third-order valence-corrected chi connectivity index (χ3v) is 3.88. The summed E-state index contributed by atoms with van der Waals surface area (Å²) in [7, 11) is 0. The van der Waals surface area contributed by atoms with Gasteiger partial charge in [-0.2, -0.15) is 5.10 Å². The Morgan fingerprint density at radius 1 is 1.37 bits per heavy atom. The quantitative estimate of drug-likeness (QED) is 0.909. The van der Waals surface area contributed by atoms with Crippen molar-refractivity contribution in [1.29, 1.82) is 0 Å². The van der Waals surface area contributed by atoms with Crippen LogP contribution in [0.25, 0.3) is 0 Å². The molecule has 0 unspecified atom stereocenters. The van der Waals surface area contributed by atoms with Gasteiger partial charge in [0.2, 0.25) is 0 Å². The number of rotatable bonds is 4. The Hall–Kier alpha value is -1.85. The molecule has 0 aliphatic heterocycles. The predicted octanol–water partition coefficient (Wildman–Crippen LogP) is 1.78. The van der Waals surface area contributed by atoms with Crippen LogP contribution in [-0.4, -0.2) is 24.8 Å². The van der Waals surface area contributed by atoms with E-state index in [2.05, 4.69) is 39.3 Å². The molecule has 1 aliphatic rings. The first kappa shape index (κ1) is 12.2. The molecule has 0 radical (unpaired) electrons. The minimum absolute atomic E-state index is 0.526. The third-order valence-electron chi connectivity index (χ3n) is 3.88. The maximum absolute atomic E-state index is 5.79. The fourth-order valence-corrected chi connectivity index (χ4v) is 2.82. The summed E-state index contributed by atoms with van der Waals surface area (Å²) in [6, 6.07) is 2.65. The zero-order chi connectivity index (χ0) is 13.2. The summed E-state index contributed by atoms with van der Waals surface area (Å²) >= 11 is 0. The van der Waals surface area contributed by atoms with Crippen LogP contribution in [0.3, 0.4) is 0 Å². The number of aromatic nitrogens is 5. The van der Waals surface area contributed by atoms with Crippen molar-refractivity contribution < 1.29 is 0 Å². The summed E-state index contributed by atoms with van der Waals surface area (Å²) in [4.78, 5) is 0. The first-order chi connectivity index (χ1) is 9.28. The number of anilines is 1. The molecule has 0 atom stereocenters. The largest absolute Gasteiger partial charge is 0.381 e. The molecule has 19 heavy (non-hydrogen) atoms. The standard InChI is InChI=1S/C13H20N6/c1-2-12-13(14)15-17-19(12)9-10-7-8-18(16-10)11-5-3-4-6-11/h7-8,11H,2-6,9,14H2,1H3. The van der Waals surface area contributed by atoms with Crippen molar-refractivity contribution in [2.24, 2.45) is 0 Å². The van der Waals surface area contributed by atoms with Crippen molar-refractivity contribution >= 4 is 5.82 Å². The van der Waals surface area contributed by atoms with E-state index in [4.69, 9.17) is 5.73 Å². The highest BCUT2D eigenvalue weighted by molar-refractivity contribution is 5.32. The first-order valence-corrected chi connectivity index (χ1v) is 6.99. The molecule has 2 N–H and O–H groups in total. The minimum atomic E-state index is 0.526. The second-order valence-corrected chi connectivity index (χ2v) is 5.16. The topological polar surface area (TPSA) is 74.5 Å². The molecule has 0 saturated heterocycles. The highest BCUT2D eigenvalue weighted by Gasteiger charge is 2.18. The van der Waals surface area contributed by atoms with E-state index in [0.29, 0.717) is 18.4 Å². The van der Waals surface area contributed by atoms with E-state index in [1.807, 2.05) is 4.68 Å². The molecule has 102 valence electrons. The van der Waals surface area contributed by atoms with E-state index in [0.717, 1.165) is 17.8 Å². The fourth-order valence-electron chi connectivity index (χ4n) is 2.82. The van der Waals surface area contributed by atoms with Crippen LogP contribution in [0.2, 0.25) is 0 Å². The maximum atomic E-state index is 5.79. The second-order valence-electron chi connectivity index (χ2n) is 5.16. The molecule has 2 aromatic rings. The van der Waals surface area contributed by atoms with E-state index < -0.39 is 0 Å². The zero-order valence-electron chi connectivity index (χ0n) is 11.3. The van der Waals surface area contributed by atoms with Crippen molar-refractivity contribution in [1.82, 2.24) is 24.8 Å². The summed E-state index contributed by atoms with van der Waals surface area (Å²) in [5.41, 5.74) is 7.79. The Labute approximate surface area is 112 Å².